The van der Waals surface area contributed by atoms with E-state index in [2.05, 4.69) is 41.9 Å². The summed E-state index contributed by atoms with van der Waals surface area (Å²) < 4.78 is 8.36. The molecule has 0 aliphatic carbocycles. The van der Waals surface area contributed by atoms with Crippen molar-refractivity contribution in [3.8, 4) is 5.75 Å². The number of ether oxygens (including phenoxy) is 1. The summed E-state index contributed by atoms with van der Waals surface area (Å²) in [6.45, 7) is 6.39. The van der Waals surface area contributed by atoms with Crippen molar-refractivity contribution in [2.45, 2.75) is 45.6 Å². The van der Waals surface area contributed by atoms with Crippen molar-refractivity contribution in [3.05, 3.63) is 94.8 Å². The van der Waals surface area contributed by atoms with Gasteiger partial charge in [-0.1, -0.05) is 67.9 Å². The van der Waals surface area contributed by atoms with E-state index in [-0.39, 0.29) is 5.91 Å². The van der Waals surface area contributed by atoms with Crippen molar-refractivity contribution >= 4 is 28.5 Å². The minimum atomic E-state index is -0.169. The smallest absolute Gasteiger partial charge is 0.252 e. The van der Waals surface area contributed by atoms with Gasteiger partial charge in [-0.2, -0.15) is 0 Å². The number of rotatable bonds is 11. The minimum Gasteiger partial charge on any atom is -0.493 e. The van der Waals surface area contributed by atoms with Crippen LogP contribution in [0.2, 0.25) is 5.02 Å². The second-order valence-corrected chi connectivity index (χ2v) is 9.31. The van der Waals surface area contributed by atoms with Gasteiger partial charge in [-0.15, -0.1) is 0 Å². The van der Waals surface area contributed by atoms with E-state index in [9.17, 15) is 4.79 Å². The van der Waals surface area contributed by atoms with Crippen LogP contribution in [0.3, 0.4) is 0 Å². The van der Waals surface area contributed by atoms with Crippen molar-refractivity contribution in [2.24, 2.45) is 0 Å². The summed E-state index contributed by atoms with van der Waals surface area (Å²) in [7, 11) is 0. The third-order valence-electron chi connectivity index (χ3n) is 6.06. The molecule has 1 N–H and O–H groups in total. The first-order valence-electron chi connectivity index (χ1n) is 12.2. The topological polar surface area (TPSA) is 56.1 Å². The number of nitrogens with one attached hydrogen (secondary N) is 1. The average Bonchev–Trinajstić information content (AvgIpc) is 3.21. The molecule has 6 heteroatoms. The van der Waals surface area contributed by atoms with E-state index < -0.39 is 0 Å². The van der Waals surface area contributed by atoms with Crippen LogP contribution in [0.4, 0.5) is 0 Å². The highest BCUT2D eigenvalue weighted by Crippen LogP contribution is 2.26. The average molecular weight is 490 g/mol. The van der Waals surface area contributed by atoms with Gasteiger partial charge in [-0.3, -0.25) is 4.79 Å². The SMILES string of the molecule is CC(C)c1ccccc1OCCCCn1c(CCNC(=O)c2ccccc2Cl)nc2ccccc21. The first kappa shape index (κ1) is 24.8. The molecule has 0 saturated heterocycles. The Morgan fingerprint density at radius 2 is 1.74 bits per heavy atom. The van der Waals surface area contributed by atoms with Crippen LogP contribution in [0.5, 0.6) is 5.75 Å². The number of benzene rings is 3. The van der Waals surface area contributed by atoms with Crippen LogP contribution < -0.4 is 10.1 Å². The Kier molecular flexibility index (Phi) is 8.43. The second kappa shape index (κ2) is 11.9. The van der Waals surface area contributed by atoms with E-state index in [0.717, 1.165) is 42.0 Å². The van der Waals surface area contributed by atoms with Gasteiger partial charge in [-0.25, -0.2) is 4.98 Å². The van der Waals surface area contributed by atoms with E-state index in [1.165, 1.54) is 5.56 Å². The van der Waals surface area contributed by atoms with E-state index >= 15 is 0 Å². The number of hydrogen-bond donors (Lipinski definition) is 1. The van der Waals surface area contributed by atoms with Crippen LogP contribution in [0, 0.1) is 0 Å². The maximum Gasteiger partial charge on any atom is 0.252 e. The van der Waals surface area contributed by atoms with Crippen LogP contribution in [-0.4, -0.2) is 28.6 Å². The third-order valence-corrected chi connectivity index (χ3v) is 6.39. The lowest BCUT2D eigenvalue weighted by Gasteiger charge is -2.14. The van der Waals surface area contributed by atoms with Gasteiger partial charge in [0.15, 0.2) is 0 Å². The van der Waals surface area contributed by atoms with Crippen molar-refractivity contribution in [1.29, 1.82) is 0 Å². The lowest BCUT2D eigenvalue weighted by Crippen LogP contribution is -2.26. The third kappa shape index (κ3) is 6.23. The lowest BCUT2D eigenvalue weighted by atomic mass is 10.0. The van der Waals surface area contributed by atoms with E-state index in [1.807, 2.05) is 42.5 Å². The number of para-hydroxylation sites is 3. The summed E-state index contributed by atoms with van der Waals surface area (Å²) in [5.41, 5.74) is 3.82. The fourth-order valence-corrected chi connectivity index (χ4v) is 4.46. The molecular formula is C29H32ClN3O2. The Morgan fingerprint density at radius 1 is 1.00 bits per heavy atom. The summed E-state index contributed by atoms with van der Waals surface area (Å²) in [4.78, 5) is 17.3. The number of hydrogen-bond acceptors (Lipinski definition) is 3. The van der Waals surface area contributed by atoms with Crippen LogP contribution in [0.15, 0.2) is 72.8 Å². The second-order valence-electron chi connectivity index (χ2n) is 8.90. The molecule has 5 nitrogen and oxygen atoms in total. The van der Waals surface area contributed by atoms with Crippen molar-refractivity contribution in [1.82, 2.24) is 14.9 Å². The highest BCUT2D eigenvalue weighted by molar-refractivity contribution is 6.33. The van der Waals surface area contributed by atoms with Gasteiger partial charge in [0.25, 0.3) is 5.91 Å². The van der Waals surface area contributed by atoms with Crippen molar-refractivity contribution in [2.75, 3.05) is 13.2 Å². The van der Waals surface area contributed by atoms with Crippen LogP contribution in [0.25, 0.3) is 11.0 Å². The number of fused-ring (bicyclic) bond motifs is 1. The quantitative estimate of drug-likeness (QED) is 0.240. The monoisotopic (exact) mass is 489 g/mol. The first-order valence-corrected chi connectivity index (χ1v) is 12.6. The highest BCUT2D eigenvalue weighted by Gasteiger charge is 2.13. The largest absolute Gasteiger partial charge is 0.493 e. The lowest BCUT2D eigenvalue weighted by molar-refractivity contribution is 0.0954. The Morgan fingerprint density at radius 3 is 2.57 bits per heavy atom. The Bertz CT molecular complexity index is 1280. The predicted octanol–water partition coefficient (Wildman–Crippen LogP) is 6.64. The van der Waals surface area contributed by atoms with Crippen LogP contribution in [-0.2, 0) is 13.0 Å². The van der Waals surface area contributed by atoms with Gasteiger partial charge < -0.3 is 14.6 Å². The zero-order chi connectivity index (χ0) is 24.6. The molecule has 1 aromatic heterocycles. The van der Waals surface area contributed by atoms with Gasteiger partial charge >= 0.3 is 0 Å². The highest BCUT2D eigenvalue weighted by atomic mass is 35.5. The maximum atomic E-state index is 12.5. The number of carbonyl (C=O) groups excluding carboxylic acids is 1. The number of unbranched alkanes of at least 4 members (excludes halogenated alkanes) is 1. The Balaban J connectivity index is 1.34. The summed E-state index contributed by atoms with van der Waals surface area (Å²) in [5.74, 6) is 2.21. The molecule has 1 heterocycles. The summed E-state index contributed by atoms with van der Waals surface area (Å²) in [6, 6.07) is 23.5. The number of halogens is 1. The van der Waals surface area contributed by atoms with E-state index in [4.69, 9.17) is 21.3 Å². The maximum absolute atomic E-state index is 12.5. The number of aromatic nitrogens is 2. The van der Waals surface area contributed by atoms with E-state index in [0.29, 0.717) is 36.1 Å². The molecule has 0 unspecified atom stereocenters. The molecule has 0 fully saturated rings. The molecule has 0 spiro atoms. The predicted molar refractivity (Wildman–Crippen MR) is 142 cm³/mol. The number of imidazole rings is 1. The number of amides is 1. The van der Waals surface area contributed by atoms with Gasteiger partial charge in [0, 0.05) is 19.5 Å². The van der Waals surface area contributed by atoms with Gasteiger partial charge in [0.2, 0.25) is 0 Å². The summed E-state index contributed by atoms with van der Waals surface area (Å²) >= 11 is 6.15. The molecule has 4 aromatic rings. The zero-order valence-electron chi connectivity index (χ0n) is 20.3. The number of nitrogens with zero attached hydrogens (tertiary/aromatic N) is 2. The first-order chi connectivity index (χ1) is 17.0. The molecule has 4 rings (SSSR count). The fourth-order valence-electron chi connectivity index (χ4n) is 4.24. The Hall–Kier alpha value is -3.31. The fraction of sp³-hybridized carbons (Fsp3) is 0.310. The standard InChI is InChI=1S/C29H32ClN3O2/c1-21(2)22-11-4-8-16-27(22)35-20-10-9-19-33-26-15-7-6-14-25(26)32-28(33)17-18-31-29(34)23-12-3-5-13-24(23)30/h3-8,11-16,21H,9-10,17-20H2,1-2H3,(H,31,34). The molecule has 3 aromatic carbocycles. The molecule has 0 aliphatic rings. The zero-order valence-corrected chi connectivity index (χ0v) is 21.1. The van der Waals surface area contributed by atoms with E-state index in [1.54, 1.807) is 12.1 Å². The molecule has 0 saturated carbocycles. The van der Waals surface area contributed by atoms with Crippen LogP contribution >= 0.6 is 11.6 Å². The van der Waals surface area contributed by atoms with Crippen molar-refractivity contribution < 1.29 is 9.53 Å². The number of carbonyl (C=O) groups is 1. The molecule has 0 atom stereocenters. The van der Waals surface area contributed by atoms with Crippen LogP contribution in [0.1, 0.15) is 54.4 Å². The van der Waals surface area contributed by atoms with Gasteiger partial charge in [0.1, 0.15) is 11.6 Å². The molecule has 0 bridgehead atoms. The van der Waals surface area contributed by atoms with Gasteiger partial charge in [0.05, 0.1) is 28.2 Å². The molecule has 0 radical (unpaired) electrons. The normalized spacial score (nSPS) is 11.2. The minimum absolute atomic E-state index is 0.169. The molecule has 0 aliphatic heterocycles. The summed E-state index contributed by atoms with van der Waals surface area (Å²) in [6.07, 6.45) is 2.56. The van der Waals surface area contributed by atoms with Crippen molar-refractivity contribution in [3.63, 3.8) is 0 Å². The van der Waals surface area contributed by atoms with Gasteiger partial charge in [-0.05, 0) is 54.7 Å². The molecule has 35 heavy (non-hydrogen) atoms. The Labute approximate surface area is 212 Å². The molecule has 1 amide bonds. The molecular weight excluding hydrogens is 458 g/mol. The summed E-state index contributed by atoms with van der Waals surface area (Å²) in [5, 5.41) is 3.43. The number of aryl methyl sites for hydroxylation is 1. The molecule has 182 valence electrons.